The lowest BCUT2D eigenvalue weighted by Gasteiger charge is -2.18. The average molecular weight is 291 g/mol. The lowest BCUT2D eigenvalue weighted by molar-refractivity contribution is 0.00408. The molecule has 0 aromatic heterocycles. The van der Waals surface area contributed by atoms with Gasteiger partial charge in [0.05, 0.1) is 46.2 Å². The Bertz CT molecular complexity index is 195. The SMILES string of the molecule is COCCOCCOCCOCCNCCC(C)(C)C. The highest BCUT2D eigenvalue weighted by molar-refractivity contribution is 4.62. The van der Waals surface area contributed by atoms with Crippen LogP contribution in [-0.2, 0) is 18.9 Å². The monoisotopic (exact) mass is 291 g/mol. The van der Waals surface area contributed by atoms with Gasteiger partial charge in [-0.2, -0.15) is 0 Å². The van der Waals surface area contributed by atoms with Crippen LogP contribution in [0.2, 0.25) is 0 Å². The van der Waals surface area contributed by atoms with Gasteiger partial charge in [-0.1, -0.05) is 20.8 Å². The summed E-state index contributed by atoms with van der Waals surface area (Å²) in [5.74, 6) is 0. The molecule has 0 amide bonds. The summed E-state index contributed by atoms with van der Waals surface area (Å²) in [6.45, 7) is 13.2. The summed E-state index contributed by atoms with van der Waals surface area (Å²) in [4.78, 5) is 0. The van der Waals surface area contributed by atoms with Crippen molar-refractivity contribution in [1.29, 1.82) is 0 Å². The van der Waals surface area contributed by atoms with Crippen LogP contribution >= 0.6 is 0 Å². The van der Waals surface area contributed by atoms with Gasteiger partial charge in [-0.15, -0.1) is 0 Å². The van der Waals surface area contributed by atoms with E-state index in [1.54, 1.807) is 7.11 Å². The normalized spacial score (nSPS) is 12.0. The van der Waals surface area contributed by atoms with E-state index in [9.17, 15) is 0 Å². The summed E-state index contributed by atoms with van der Waals surface area (Å²) < 4.78 is 21.0. The van der Waals surface area contributed by atoms with E-state index < -0.39 is 0 Å². The molecule has 0 aromatic rings. The summed E-state index contributed by atoms with van der Waals surface area (Å²) in [5.41, 5.74) is 0.396. The molecule has 0 bridgehead atoms. The first-order valence-corrected chi connectivity index (χ1v) is 7.49. The second-order valence-electron chi connectivity index (χ2n) is 5.89. The molecule has 0 rings (SSSR count). The van der Waals surface area contributed by atoms with Crippen LogP contribution < -0.4 is 5.32 Å². The van der Waals surface area contributed by atoms with Crippen LogP contribution in [0, 0.1) is 5.41 Å². The molecule has 5 nitrogen and oxygen atoms in total. The summed E-state index contributed by atoms with van der Waals surface area (Å²) in [6.07, 6.45) is 1.18. The average Bonchev–Trinajstić information content (AvgIpc) is 2.38. The van der Waals surface area contributed by atoms with Gasteiger partial charge in [0.2, 0.25) is 0 Å². The molecule has 20 heavy (non-hydrogen) atoms. The summed E-state index contributed by atoms with van der Waals surface area (Å²) in [5, 5.41) is 3.38. The fourth-order valence-electron chi connectivity index (χ4n) is 1.42. The predicted octanol–water partition coefficient (Wildman–Crippen LogP) is 1.71. The highest BCUT2D eigenvalue weighted by Crippen LogP contribution is 2.16. The van der Waals surface area contributed by atoms with Crippen LogP contribution in [0.1, 0.15) is 27.2 Å². The number of hydrogen-bond acceptors (Lipinski definition) is 5. The largest absolute Gasteiger partial charge is 0.382 e. The Morgan fingerprint density at radius 3 is 1.70 bits per heavy atom. The van der Waals surface area contributed by atoms with Crippen molar-refractivity contribution in [1.82, 2.24) is 5.32 Å². The van der Waals surface area contributed by atoms with Crippen LogP contribution in [0.4, 0.5) is 0 Å². The predicted molar refractivity (Wildman–Crippen MR) is 81.3 cm³/mol. The maximum atomic E-state index is 5.46. The fourth-order valence-corrected chi connectivity index (χ4v) is 1.42. The van der Waals surface area contributed by atoms with E-state index in [0.717, 1.165) is 19.7 Å². The van der Waals surface area contributed by atoms with E-state index in [1.165, 1.54) is 6.42 Å². The molecule has 0 aliphatic rings. The molecular formula is C15H33NO4. The highest BCUT2D eigenvalue weighted by Gasteiger charge is 2.08. The molecule has 122 valence electrons. The molecule has 0 aliphatic carbocycles. The Kier molecular flexibility index (Phi) is 13.6. The van der Waals surface area contributed by atoms with Crippen LogP contribution in [0.5, 0.6) is 0 Å². The molecule has 5 heteroatoms. The molecule has 0 aromatic carbocycles. The van der Waals surface area contributed by atoms with Gasteiger partial charge in [-0.25, -0.2) is 0 Å². The lowest BCUT2D eigenvalue weighted by atomic mass is 9.92. The molecule has 0 aliphatic heterocycles. The Morgan fingerprint density at radius 1 is 0.700 bits per heavy atom. The van der Waals surface area contributed by atoms with Crippen LogP contribution in [-0.4, -0.2) is 66.4 Å². The Hall–Kier alpha value is -0.200. The van der Waals surface area contributed by atoms with Crippen LogP contribution in [0.25, 0.3) is 0 Å². The third-order valence-electron chi connectivity index (χ3n) is 2.65. The van der Waals surface area contributed by atoms with Gasteiger partial charge >= 0.3 is 0 Å². The van der Waals surface area contributed by atoms with E-state index >= 15 is 0 Å². The molecule has 0 radical (unpaired) electrons. The van der Waals surface area contributed by atoms with Gasteiger partial charge in [0.25, 0.3) is 0 Å². The molecule has 0 fully saturated rings. The number of methoxy groups -OCH3 is 1. The topological polar surface area (TPSA) is 49.0 Å². The molecule has 0 spiro atoms. The van der Waals surface area contributed by atoms with Gasteiger partial charge in [0, 0.05) is 13.7 Å². The van der Waals surface area contributed by atoms with Crippen molar-refractivity contribution in [2.24, 2.45) is 5.41 Å². The Morgan fingerprint density at radius 2 is 1.20 bits per heavy atom. The molecule has 0 saturated carbocycles. The van der Waals surface area contributed by atoms with Crippen molar-refractivity contribution in [2.45, 2.75) is 27.2 Å². The van der Waals surface area contributed by atoms with E-state index in [0.29, 0.717) is 45.1 Å². The van der Waals surface area contributed by atoms with Crippen LogP contribution in [0.15, 0.2) is 0 Å². The Labute approximate surface area is 124 Å². The zero-order valence-corrected chi connectivity index (χ0v) is 13.7. The van der Waals surface area contributed by atoms with E-state index in [-0.39, 0.29) is 0 Å². The summed E-state index contributed by atoms with van der Waals surface area (Å²) >= 11 is 0. The summed E-state index contributed by atoms with van der Waals surface area (Å²) in [6, 6.07) is 0. The minimum absolute atomic E-state index is 0.396. The quantitative estimate of drug-likeness (QED) is 0.494. The van der Waals surface area contributed by atoms with Crippen molar-refractivity contribution in [2.75, 3.05) is 66.4 Å². The first kappa shape index (κ1) is 19.8. The molecular weight excluding hydrogens is 258 g/mol. The highest BCUT2D eigenvalue weighted by atomic mass is 16.6. The second kappa shape index (κ2) is 13.8. The third kappa shape index (κ3) is 17.8. The van der Waals surface area contributed by atoms with Gasteiger partial charge in [0.1, 0.15) is 0 Å². The molecule has 1 N–H and O–H groups in total. The van der Waals surface area contributed by atoms with E-state index in [1.807, 2.05) is 0 Å². The molecule has 0 heterocycles. The number of nitrogens with one attached hydrogen (secondary N) is 1. The van der Waals surface area contributed by atoms with Crippen molar-refractivity contribution < 1.29 is 18.9 Å². The Balaban J connectivity index is 2.99. The minimum Gasteiger partial charge on any atom is -0.382 e. The molecule has 0 saturated heterocycles. The van der Waals surface area contributed by atoms with E-state index in [4.69, 9.17) is 18.9 Å². The number of ether oxygens (including phenoxy) is 4. The van der Waals surface area contributed by atoms with Crippen molar-refractivity contribution in [3.8, 4) is 0 Å². The van der Waals surface area contributed by atoms with Gasteiger partial charge in [-0.3, -0.25) is 0 Å². The maximum Gasteiger partial charge on any atom is 0.0701 e. The van der Waals surface area contributed by atoms with Crippen LogP contribution in [0.3, 0.4) is 0 Å². The van der Waals surface area contributed by atoms with Gasteiger partial charge in [-0.05, 0) is 18.4 Å². The molecule has 0 atom stereocenters. The smallest absolute Gasteiger partial charge is 0.0701 e. The van der Waals surface area contributed by atoms with Gasteiger partial charge in [0.15, 0.2) is 0 Å². The fraction of sp³-hybridized carbons (Fsp3) is 1.00. The minimum atomic E-state index is 0.396. The lowest BCUT2D eigenvalue weighted by Crippen LogP contribution is -2.24. The first-order valence-electron chi connectivity index (χ1n) is 7.49. The number of hydrogen-bond donors (Lipinski definition) is 1. The third-order valence-corrected chi connectivity index (χ3v) is 2.65. The van der Waals surface area contributed by atoms with Gasteiger partial charge < -0.3 is 24.3 Å². The van der Waals surface area contributed by atoms with Crippen molar-refractivity contribution in [3.63, 3.8) is 0 Å². The number of rotatable bonds is 14. The van der Waals surface area contributed by atoms with E-state index in [2.05, 4.69) is 26.1 Å². The molecule has 0 unspecified atom stereocenters. The van der Waals surface area contributed by atoms with Crippen molar-refractivity contribution in [3.05, 3.63) is 0 Å². The van der Waals surface area contributed by atoms with Crippen molar-refractivity contribution >= 4 is 0 Å². The first-order chi connectivity index (χ1) is 9.56. The standard InChI is InChI=1S/C15H33NO4/c1-15(2,3)5-6-16-7-8-18-11-12-20-14-13-19-10-9-17-4/h16H,5-14H2,1-4H3. The summed E-state index contributed by atoms with van der Waals surface area (Å²) in [7, 11) is 1.66. The maximum absolute atomic E-state index is 5.46. The zero-order chi connectivity index (χ0) is 15.1. The second-order valence-corrected chi connectivity index (χ2v) is 5.89. The zero-order valence-electron chi connectivity index (χ0n) is 13.7.